The third-order valence-corrected chi connectivity index (χ3v) is 2.22. The van der Waals surface area contributed by atoms with Crippen molar-refractivity contribution in [1.82, 2.24) is 0 Å². The third-order valence-electron chi connectivity index (χ3n) is 2.22. The highest BCUT2D eigenvalue weighted by atomic mass is 16.5. The molecule has 0 saturated carbocycles. The predicted octanol–water partition coefficient (Wildman–Crippen LogP) is 1.16. The number of esters is 1. The van der Waals surface area contributed by atoms with Crippen LogP contribution in [0.5, 0.6) is 0 Å². The van der Waals surface area contributed by atoms with E-state index >= 15 is 0 Å². The third kappa shape index (κ3) is 2.47. The standard InChI is InChI=1S/C11H12N2O2/c1-7-8(5-11(14)15-2)3-10(13)4-9(7)6-12/h3-4H,5,13H2,1-2H3. The van der Waals surface area contributed by atoms with Gasteiger partial charge in [0.1, 0.15) is 0 Å². The predicted molar refractivity (Wildman–Crippen MR) is 56.0 cm³/mol. The quantitative estimate of drug-likeness (QED) is 0.579. The zero-order chi connectivity index (χ0) is 11.4. The molecule has 0 amide bonds. The van der Waals surface area contributed by atoms with Gasteiger partial charge in [-0.2, -0.15) is 5.26 Å². The molecular formula is C11H12N2O2. The number of carbonyl (C=O) groups excluding carboxylic acids is 1. The highest BCUT2D eigenvalue weighted by molar-refractivity contribution is 5.74. The van der Waals surface area contributed by atoms with Gasteiger partial charge >= 0.3 is 5.97 Å². The number of hydrogen-bond donors (Lipinski definition) is 1. The minimum Gasteiger partial charge on any atom is -0.469 e. The summed E-state index contributed by atoms with van der Waals surface area (Å²) >= 11 is 0. The fraction of sp³-hybridized carbons (Fsp3) is 0.273. The Morgan fingerprint density at radius 2 is 2.27 bits per heavy atom. The Morgan fingerprint density at radius 1 is 1.60 bits per heavy atom. The van der Waals surface area contributed by atoms with Gasteiger partial charge in [-0.1, -0.05) is 0 Å². The first-order chi connectivity index (χ1) is 7.08. The second-order valence-corrected chi connectivity index (χ2v) is 3.22. The molecular weight excluding hydrogens is 192 g/mol. The lowest BCUT2D eigenvalue weighted by atomic mass is 10.00. The zero-order valence-corrected chi connectivity index (χ0v) is 8.70. The molecule has 78 valence electrons. The SMILES string of the molecule is COC(=O)Cc1cc(N)cc(C#N)c1C. The van der Waals surface area contributed by atoms with Crippen molar-refractivity contribution in [2.75, 3.05) is 12.8 Å². The van der Waals surface area contributed by atoms with Crippen LogP contribution in [-0.2, 0) is 16.0 Å². The molecule has 0 aromatic heterocycles. The van der Waals surface area contributed by atoms with Gasteiger partial charge in [0.2, 0.25) is 0 Å². The number of benzene rings is 1. The smallest absolute Gasteiger partial charge is 0.309 e. The Kier molecular flexibility index (Phi) is 3.29. The highest BCUT2D eigenvalue weighted by Gasteiger charge is 2.09. The van der Waals surface area contributed by atoms with Gasteiger partial charge in [-0.05, 0) is 30.2 Å². The van der Waals surface area contributed by atoms with Crippen LogP contribution < -0.4 is 5.73 Å². The average Bonchev–Trinajstić information content (AvgIpc) is 2.22. The summed E-state index contributed by atoms with van der Waals surface area (Å²) in [6, 6.07) is 5.32. The summed E-state index contributed by atoms with van der Waals surface area (Å²) in [7, 11) is 1.33. The van der Waals surface area contributed by atoms with Crippen LogP contribution in [0.4, 0.5) is 5.69 Å². The molecule has 0 saturated heterocycles. The molecule has 0 atom stereocenters. The molecule has 0 unspecified atom stereocenters. The van der Waals surface area contributed by atoms with E-state index < -0.39 is 0 Å². The van der Waals surface area contributed by atoms with Crippen molar-refractivity contribution in [2.24, 2.45) is 0 Å². The van der Waals surface area contributed by atoms with Crippen molar-refractivity contribution in [2.45, 2.75) is 13.3 Å². The maximum atomic E-state index is 11.1. The van der Waals surface area contributed by atoms with Crippen molar-refractivity contribution in [3.05, 3.63) is 28.8 Å². The summed E-state index contributed by atoms with van der Waals surface area (Å²) in [5.74, 6) is -0.340. The number of nitrogen functional groups attached to an aromatic ring is 1. The number of methoxy groups -OCH3 is 1. The summed E-state index contributed by atoms with van der Waals surface area (Å²) in [6.45, 7) is 1.79. The van der Waals surface area contributed by atoms with E-state index in [1.165, 1.54) is 7.11 Å². The largest absolute Gasteiger partial charge is 0.469 e. The minimum absolute atomic E-state index is 0.141. The van der Waals surface area contributed by atoms with Crippen LogP contribution in [0.3, 0.4) is 0 Å². The lowest BCUT2D eigenvalue weighted by Gasteiger charge is -2.07. The number of nitrogens with two attached hydrogens (primary N) is 1. The highest BCUT2D eigenvalue weighted by Crippen LogP contribution is 2.18. The number of rotatable bonds is 2. The van der Waals surface area contributed by atoms with Crippen LogP contribution in [0.2, 0.25) is 0 Å². The van der Waals surface area contributed by atoms with E-state index in [1.54, 1.807) is 19.1 Å². The van der Waals surface area contributed by atoms with Crippen molar-refractivity contribution < 1.29 is 9.53 Å². The molecule has 4 nitrogen and oxygen atoms in total. The molecule has 0 aliphatic carbocycles. The Bertz CT molecular complexity index is 433. The summed E-state index contributed by atoms with van der Waals surface area (Å²) in [4.78, 5) is 11.1. The molecule has 4 heteroatoms. The first-order valence-corrected chi connectivity index (χ1v) is 4.44. The van der Waals surface area contributed by atoms with Gasteiger partial charge in [0.25, 0.3) is 0 Å². The molecule has 0 aliphatic rings. The number of carbonyl (C=O) groups is 1. The first kappa shape index (κ1) is 11.1. The molecule has 0 spiro atoms. The van der Waals surface area contributed by atoms with Crippen LogP contribution in [0, 0.1) is 18.3 Å². The molecule has 0 heterocycles. The number of nitrogens with zero attached hydrogens (tertiary/aromatic N) is 1. The molecule has 0 bridgehead atoms. The van der Waals surface area contributed by atoms with Crippen molar-refractivity contribution in [3.63, 3.8) is 0 Å². The van der Waals surface area contributed by atoms with Gasteiger partial charge in [0, 0.05) is 5.69 Å². The fourth-order valence-electron chi connectivity index (χ4n) is 1.33. The normalized spacial score (nSPS) is 9.40. The van der Waals surface area contributed by atoms with Crippen LogP contribution in [-0.4, -0.2) is 13.1 Å². The van der Waals surface area contributed by atoms with E-state index in [9.17, 15) is 4.79 Å². The Labute approximate surface area is 88.3 Å². The minimum atomic E-state index is -0.340. The fourth-order valence-corrected chi connectivity index (χ4v) is 1.33. The van der Waals surface area contributed by atoms with Gasteiger partial charge < -0.3 is 10.5 Å². The van der Waals surface area contributed by atoms with Crippen molar-refractivity contribution in [3.8, 4) is 6.07 Å². The first-order valence-electron chi connectivity index (χ1n) is 4.44. The van der Waals surface area contributed by atoms with E-state index in [1.807, 2.05) is 6.07 Å². The maximum absolute atomic E-state index is 11.1. The Morgan fingerprint density at radius 3 is 2.80 bits per heavy atom. The number of nitriles is 1. The van der Waals surface area contributed by atoms with Crippen molar-refractivity contribution in [1.29, 1.82) is 5.26 Å². The molecule has 15 heavy (non-hydrogen) atoms. The molecule has 0 aliphatic heterocycles. The Hall–Kier alpha value is -2.02. The monoisotopic (exact) mass is 204 g/mol. The van der Waals surface area contributed by atoms with Gasteiger partial charge in [-0.15, -0.1) is 0 Å². The number of ether oxygens (including phenoxy) is 1. The van der Waals surface area contributed by atoms with Crippen LogP contribution in [0.25, 0.3) is 0 Å². The van der Waals surface area contributed by atoms with Crippen LogP contribution >= 0.6 is 0 Å². The number of hydrogen-bond acceptors (Lipinski definition) is 4. The lowest BCUT2D eigenvalue weighted by molar-refractivity contribution is -0.139. The molecule has 0 fully saturated rings. The van der Waals surface area contributed by atoms with Gasteiger partial charge in [-0.3, -0.25) is 4.79 Å². The van der Waals surface area contributed by atoms with Crippen LogP contribution in [0.1, 0.15) is 16.7 Å². The molecule has 1 rings (SSSR count). The number of anilines is 1. The van der Waals surface area contributed by atoms with E-state index in [0.717, 1.165) is 11.1 Å². The molecule has 1 aromatic rings. The zero-order valence-electron chi connectivity index (χ0n) is 8.70. The van der Waals surface area contributed by atoms with E-state index in [2.05, 4.69) is 4.74 Å². The van der Waals surface area contributed by atoms with Gasteiger partial charge in [0.15, 0.2) is 0 Å². The van der Waals surface area contributed by atoms with E-state index in [-0.39, 0.29) is 12.4 Å². The summed E-state index contributed by atoms with van der Waals surface area (Å²) in [5, 5.41) is 8.84. The summed E-state index contributed by atoms with van der Waals surface area (Å²) in [6.07, 6.45) is 0.141. The lowest BCUT2D eigenvalue weighted by Crippen LogP contribution is -2.07. The Balaban J connectivity index is 3.13. The maximum Gasteiger partial charge on any atom is 0.309 e. The molecule has 0 radical (unpaired) electrons. The average molecular weight is 204 g/mol. The summed E-state index contributed by atoms with van der Waals surface area (Å²) < 4.78 is 4.56. The van der Waals surface area contributed by atoms with Gasteiger partial charge in [-0.25, -0.2) is 0 Å². The van der Waals surface area contributed by atoms with Crippen LogP contribution in [0.15, 0.2) is 12.1 Å². The van der Waals surface area contributed by atoms with Crippen molar-refractivity contribution >= 4 is 11.7 Å². The second kappa shape index (κ2) is 4.47. The van der Waals surface area contributed by atoms with E-state index in [4.69, 9.17) is 11.0 Å². The van der Waals surface area contributed by atoms with Gasteiger partial charge in [0.05, 0.1) is 25.2 Å². The summed E-state index contributed by atoms with van der Waals surface area (Å²) in [5.41, 5.74) is 8.10. The molecule has 2 N–H and O–H groups in total. The van der Waals surface area contributed by atoms with E-state index in [0.29, 0.717) is 11.3 Å². The topological polar surface area (TPSA) is 76.1 Å². The molecule has 1 aromatic carbocycles. The second-order valence-electron chi connectivity index (χ2n) is 3.22.